The topological polar surface area (TPSA) is 64.8 Å². The molecule has 20 heavy (non-hydrogen) atoms. The van der Waals surface area contributed by atoms with E-state index in [0.717, 1.165) is 38.3 Å². The molecule has 1 aliphatic heterocycles. The van der Waals surface area contributed by atoms with Crippen molar-refractivity contribution < 1.29 is 14.4 Å². The fourth-order valence-corrected chi connectivity index (χ4v) is 2.48. The Kier molecular flexibility index (Phi) is 4.79. The summed E-state index contributed by atoms with van der Waals surface area (Å²) in [5.74, 6) is 0.869. The standard InChI is InChI=1S/C14H20N2O4/c1-15(10-11-5-7-20-8-6-11)12-3-4-14(19-2)13(9-12)16(17)18/h3-4,9,11H,5-8,10H2,1-2H3. The van der Waals surface area contributed by atoms with Gasteiger partial charge in [-0.15, -0.1) is 0 Å². The van der Waals surface area contributed by atoms with Crippen molar-refractivity contribution >= 4 is 11.4 Å². The van der Waals surface area contributed by atoms with Gasteiger partial charge in [0.05, 0.1) is 12.0 Å². The molecule has 0 atom stereocenters. The van der Waals surface area contributed by atoms with E-state index in [0.29, 0.717) is 11.7 Å². The lowest BCUT2D eigenvalue weighted by Gasteiger charge is -2.28. The van der Waals surface area contributed by atoms with Crippen LogP contribution in [0.5, 0.6) is 5.75 Å². The average molecular weight is 280 g/mol. The molecule has 0 amide bonds. The van der Waals surface area contributed by atoms with Gasteiger partial charge in [-0.25, -0.2) is 0 Å². The van der Waals surface area contributed by atoms with E-state index in [1.807, 2.05) is 13.1 Å². The molecule has 1 aromatic rings. The van der Waals surface area contributed by atoms with Gasteiger partial charge in [-0.3, -0.25) is 10.1 Å². The molecule has 0 N–H and O–H groups in total. The number of nitrogens with zero attached hydrogens (tertiary/aromatic N) is 2. The van der Waals surface area contributed by atoms with Crippen LogP contribution < -0.4 is 9.64 Å². The molecule has 0 aliphatic carbocycles. The molecular weight excluding hydrogens is 260 g/mol. The highest BCUT2D eigenvalue weighted by molar-refractivity contribution is 5.59. The van der Waals surface area contributed by atoms with E-state index in [1.165, 1.54) is 7.11 Å². The molecule has 0 bridgehead atoms. The molecule has 0 unspecified atom stereocenters. The van der Waals surface area contributed by atoms with Gasteiger partial charge in [0, 0.05) is 38.6 Å². The van der Waals surface area contributed by atoms with Crippen LogP contribution in [0.25, 0.3) is 0 Å². The van der Waals surface area contributed by atoms with Crippen LogP contribution in [0.3, 0.4) is 0 Å². The first kappa shape index (κ1) is 14.6. The van der Waals surface area contributed by atoms with Gasteiger partial charge in [0.1, 0.15) is 0 Å². The summed E-state index contributed by atoms with van der Waals surface area (Å²) in [6.07, 6.45) is 2.09. The first-order chi connectivity index (χ1) is 9.61. The summed E-state index contributed by atoms with van der Waals surface area (Å²) in [6.45, 7) is 2.50. The van der Waals surface area contributed by atoms with Crippen molar-refractivity contribution in [1.29, 1.82) is 0 Å². The van der Waals surface area contributed by atoms with Crippen molar-refractivity contribution in [3.63, 3.8) is 0 Å². The van der Waals surface area contributed by atoms with Crippen LogP contribution in [0.15, 0.2) is 18.2 Å². The third kappa shape index (κ3) is 3.39. The van der Waals surface area contributed by atoms with Crippen molar-refractivity contribution in [3.05, 3.63) is 28.3 Å². The number of ether oxygens (including phenoxy) is 2. The summed E-state index contributed by atoms with van der Waals surface area (Å²) in [6, 6.07) is 5.07. The minimum absolute atomic E-state index is 0.00354. The quantitative estimate of drug-likeness (QED) is 0.612. The fourth-order valence-electron chi connectivity index (χ4n) is 2.48. The molecule has 0 saturated carbocycles. The van der Waals surface area contributed by atoms with Crippen LogP contribution in [-0.4, -0.2) is 38.8 Å². The third-order valence-electron chi connectivity index (χ3n) is 3.67. The average Bonchev–Trinajstić information content (AvgIpc) is 2.47. The molecule has 1 heterocycles. The molecular formula is C14H20N2O4. The van der Waals surface area contributed by atoms with E-state index < -0.39 is 4.92 Å². The number of hydrogen-bond donors (Lipinski definition) is 0. The fraction of sp³-hybridized carbons (Fsp3) is 0.571. The molecule has 0 radical (unpaired) electrons. The number of anilines is 1. The Morgan fingerprint density at radius 3 is 2.75 bits per heavy atom. The van der Waals surface area contributed by atoms with Crippen LogP contribution in [0.1, 0.15) is 12.8 Å². The smallest absolute Gasteiger partial charge is 0.312 e. The number of nitro groups is 1. The second-order valence-corrected chi connectivity index (χ2v) is 5.05. The Balaban J connectivity index is 2.10. The molecule has 1 saturated heterocycles. The summed E-state index contributed by atoms with van der Waals surface area (Å²) < 4.78 is 10.4. The Morgan fingerprint density at radius 2 is 2.15 bits per heavy atom. The molecule has 2 rings (SSSR count). The first-order valence-electron chi connectivity index (χ1n) is 6.73. The van der Waals surface area contributed by atoms with Gasteiger partial charge in [-0.2, -0.15) is 0 Å². The molecule has 6 heteroatoms. The van der Waals surface area contributed by atoms with Crippen molar-refractivity contribution in [2.24, 2.45) is 5.92 Å². The summed E-state index contributed by atoms with van der Waals surface area (Å²) in [4.78, 5) is 12.7. The maximum atomic E-state index is 11.0. The molecule has 110 valence electrons. The third-order valence-corrected chi connectivity index (χ3v) is 3.67. The van der Waals surface area contributed by atoms with Crippen LogP contribution in [-0.2, 0) is 4.74 Å². The van der Waals surface area contributed by atoms with Gasteiger partial charge < -0.3 is 14.4 Å². The molecule has 0 spiro atoms. The highest BCUT2D eigenvalue weighted by Gasteiger charge is 2.19. The minimum Gasteiger partial charge on any atom is -0.490 e. The number of hydrogen-bond acceptors (Lipinski definition) is 5. The van der Waals surface area contributed by atoms with Gasteiger partial charge in [-0.05, 0) is 30.9 Å². The number of nitro benzene ring substituents is 1. The van der Waals surface area contributed by atoms with Gasteiger partial charge in [0.25, 0.3) is 0 Å². The Hall–Kier alpha value is -1.82. The van der Waals surface area contributed by atoms with Gasteiger partial charge in [0.15, 0.2) is 5.75 Å². The lowest BCUT2D eigenvalue weighted by Crippen LogP contribution is -2.29. The normalized spacial score (nSPS) is 15.9. The van der Waals surface area contributed by atoms with E-state index in [4.69, 9.17) is 9.47 Å². The Morgan fingerprint density at radius 1 is 1.45 bits per heavy atom. The highest BCUT2D eigenvalue weighted by Crippen LogP contribution is 2.31. The highest BCUT2D eigenvalue weighted by atomic mass is 16.6. The van der Waals surface area contributed by atoms with Crippen LogP contribution >= 0.6 is 0 Å². The predicted molar refractivity (Wildman–Crippen MR) is 76.5 cm³/mol. The van der Waals surface area contributed by atoms with E-state index in [-0.39, 0.29) is 5.69 Å². The number of benzene rings is 1. The van der Waals surface area contributed by atoms with Crippen molar-refractivity contribution in [3.8, 4) is 5.75 Å². The van der Waals surface area contributed by atoms with Crippen LogP contribution in [0.2, 0.25) is 0 Å². The monoisotopic (exact) mass is 280 g/mol. The van der Waals surface area contributed by atoms with Crippen LogP contribution in [0.4, 0.5) is 11.4 Å². The van der Waals surface area contributed by atoms with Crippen LogP contribution in [0, 0.1) is 16.0 Å². The lowest BCUT2D eigenvalue weighted by molar-refractivity contribution is -0.385. The summed E-state index contributed by atoms with van der Waals surface area (Å²) in [7, 11) is 3.40. The van der Waals surface area contributed by atoms with E-state index in [1.54, 1.807) is 12.1 Å². The number of rotatable bonds is 5. The molecule has 1 fully saturated rings. The molecule has 0 aromatic heterocycles. The van der Waals surface area contributed by atoms with Gasteiger partial charge >= 0.3 is 5.69 Å². The van der Waals surface area contributed by atoms with Crippen molar-refractivity contribution in [1.82, 2.24) is 0 Å². The zero-order chi connectivity index (χ0) is 14.5. The SMILES string of the molecule is COc1ccc(N(C)CC2CCOCC2)cc1[N+](=O)[O-]. The molecule has 1 aromatic carbocycles. The summed E-state index contributed by atoms with van der Waals surface area (Å²) in [5, 5.41) is 11.0. The number of methoxy groups -OCH3 is 1. The molecule has 6 nitrogen and oxygen atoms in total. The summed E-state index contributed by atoms with van der Waals surface area (Å²) >= 11 is 0. The van der Waals surface area contributed by atoms with Crippen molar-refractivity contribution in [2.75, 3.05) is 38.8 Å². The predicted octanol–water partition coefficient (Wildman–Crippen LogP) is 2.47. The Labute approximate surface area is 118 Å². The lowest BCUT2D eigenvalue weighted by atomic mass is 9.99. The van der Waals surface area contributed by atoms with E-state index in [2.05, 4.69) is 4.90 Å². The Bertz CT molecular complexity index is 472. The van der Waals surface area contributed by atoms with Gasteiger partial charge in [0.2, 0.25) is 0 Å². The maximum Gasteiger partial charge on any atom is 0.312 e. The maximum absolute atomic E-state index is 11.0. The summed E-state index contributed by atoms with van der Waals surface area (Å²) in [5.41, 5.74) is 0.841. The second-order valence-electron chi connectivity index (χ2n) is 5.05. The van der Waals surface area contributed by atoms with E-state index in [9.17, 15) is 10.1 Å². The van der Waals surface area contributed by atoms with Crippen molar-refractivity contribution in [2.45, 2.75) is 12.8 Å². The minimum atomic E-state index is -0.412. The van der Waals surface area contributed by atoms with E-state index >= 15 is 0 Å². The zero-order valence-corrected chi connectivity index (χ0v) is 11.9. The second kappa shape index (κ2) is 6.56. The largest absolute Gasteiger partial charge is 0.490 e. The zero-order valence-electron chi connectivity index (χ0n) is 11.9. The van der Waals surface area contributed by atoms with Gasteiger partial charge in [-0.1, -0.05) is 0 Å². The molecule has 1 aliphatic rings. The first-order valence-corrected chi connectivity index (χ1v) is 6.73.